The maximum Gasteiger partial charge on any atom is 0.146 e. The van der Waals surface area contributed by atoms with Crippen molar-refractivity contribution < 1.29 is 4.39 Å². The molecule has 0 fully saturated rings. The standard InChI is InChI=1S/C16H20FN3/c1-3-20(12-14-6-4-5-9-19-14)16-8-7-13(11-18-2)10-15(16)17/h4-10,18H,3,11-12H2,1-2H3. The van der Waals surface area contributed by atoms with Crippen molar-refractivity contribution in [2.24, 2.45) is 0 Å². The first-order valence-electron chi connectivity index (χ1n) is 6.82. The fourth-order valence-electron chi connectivity index (χ4n) is 2.18. The quantitative estimate of drug-likeness (QED) is 0.877. The summed E-state index contributed by atoms with van der Waals surface area (Å²) in [4.78, 5) is 6.28. The zero-order chi connectivity index (χ0) is 14.4. The molecule has 1 heterocycles. The molecule has 0 amide bonds. The summed E-state index contributed by atoms with van der Waals surface area (Å²) in [6.07, 6.45) is 1.76. The zero-order valence-corrected chi connectivity index (χ0v) is 11.9. The van der Waals surface area contributed by atoms with E-state index in [0.29, 0.717) is 18.8 Å². The van der Waals surface area contributed by atoms with Gasteiger partial charge in [-0.2, -0.15) is 0 Å². The highest BCUT2D eigenvalue weighted by molar-refractivity contribution is 5.49. The molecule has 0 bridgehead atoms. The van der Waals surface area contributed by atoms with E-state index >= 15 is 0 Å². The van der Waals surface area contributed by atoms with Gasteiger partial charge in [0.1, 0.15) is 5.82 Å². The molecule has 20 heavy (non-hydrogen) atoms. The lowest BCUT2D eigenvalue weighted by Crippen LogP contribution is -2.23. The van der Waals surface area contributed by atoms with E-state index in [0.717, 1.165) is 17.8 Å². The highest BCUT2D eigenvalue weighted by atomic mass is 19.1. The Labute approximate surface area is 119 Å². The van der Waals surface area contributed by atoms with E-state index in [9.17, 15) is 4.39 Å². The monoisotopic (exact) mass is 273 g/mol. The van der Waals surface area contributed by atoms with Crippen molar-refractivity contribution in [2.45, 2.75) is 20.0 Å². The van der Waals surface area contributed by atoms with Crippen LogP contribution in [0.2, 0.25) is 0 Å². The minimum absolute atomic E-state index is 0.185. The molecule has 1 aromatic heterocycles. The van der Waals surface area contributed by atoms with Gasteiger partial charge in [0.15, 0.2) is 0 Å². The van der Waals surface area contributed by atoms with Crippen molar-refractivity contribution >= 4 is 5.69 Å². The molecule has 0 aliphatic heterocycles. The topological polar surface area (TPSA) is 28.2 Å². The second kappa shape index (κ2) is 7.01. The van der Waals surface area contributed by atoms with Gasteiger partial charge < -0.3 is 10.2 Å². The average molecular weight is 273 g/mol. The highest BCUT2D eigenvalue weighted by Gasteiger charge is 2.11. The Morgan fingerprint density at radius 3 is 2.70 bits per heavy atom. The lowest BCUT2D eigenvalue weighted by molar-refractivity contribution is 0.613. The summed E-state index contributed by atoms with van der Waals surface area (Å²) in [6.45, 7) is 4.03. The van der Waals surface area contributed by atoms with Crippen molar-refractivity contribution in [3.05, 3.63) is 59.7 Å². The van der Waals surface area contributed by atoms with E-state index in [4.69, 9.17) is 0 Å². The number of anilines is 1. The van der Waals surface area contributed by atoms with Crippen LogP contribution < -0.4 is 10.2 Å². The highest BCUT2D eigenvalue weighted by Crippen LogP contribution is 2.22. The molecule has 0 spiro atoms. The molecule has 0 saturated heterocycles. The predicted octanol–water partition coefficient (Wildman–Crippen LogP) is 2.97. The van der Waals surface area contributed by atoms with Crippen molar-refractivity contribution in [1.82, 2.24) is 10.3 Å². The lowest BCUT2D eigenvalue weighted by Gasteiger charge is -2.23. The number of nitrogens with zero attached hydrogens (tertiary/aromatic N) is 2. The van der Waals surface area contributed by atoms with Crippen LogP contribution in [0.4, 0.5) is 10.1 Å². The van der Waals surface area contributed by atoms with Crippen LogP contribution in [0.15, 0.2) is 42.6 Å². The van der Waals surface area contributed by atoms with Gasteiger partial charge in [-0.15, -0.1) is 0 Å². The van der Waals surface area contributed by atoms with Crippen LogP contribution in [0.3, 0.4) is 0 Å². The Bertz CT molecular complexity index is 543. The summed E-state index contributed by atoms with van der Waals surface area (Å²) < 4.78 is 14.2. The van der Waals surface area contributed by atoms with Gasteiger partial charge in [0.05, 0.1) is 17.9 Å². The Morgan fingerprint density at radius 1 is 1.25 bits per heavy atom. The van der Waals surface area contributed by atoms with Gasteiger partial charge in [-0.1, -0.05) is 12.1 Å². The zero-order valence-electron chi connectivity index (χ0n) is 11.9. The molecule has 106 valence electrons. The number of aromatic nitrogens is 1. The molecular weight excluding hydrogens is 253 g/mol. The van der Waals surface area contributed by atoms with Crippen LogP contribution in [0.5, 0.6) is 0 Å². The summed E-state index contributed by atoms with van der Waals surface area (Å²) in [5, 5.41) is 3.02. The Kier molecular flexibility index (Phi) is 5.07. The number of pyridine rings is 1. The Hall–Kier alpha value is -1.94. The second-order valence-corrected chi connectivity index (χ2v) is 4.65. The summed E-state index contributed by atoms with van der Waals surface area (Å²) >= 11 is 0. The van der Waals surface area contributed by atoms with Crippen molar-refractivity contribution in [2.75, 3.05) is 18.5 Å². The molecule has 2 rings (SSSR count). The van der Waals surface area contributed by atoms with Gasteiger partial charge in [-0.3, -0.25) is 4.98 Å². The van der Waals surface area contributed by atoms with Crippen molar-refractivity contribution in [3.63, 3.8) is 0 Å². The van der Waals surface area contributed by atoms with Gasteiger partial charge in [0.2, 0.25) is 0 Å². The largest absolute Gasteiger partial charge is 0.364 e. The summed E-state index contributed by atoms with van der Waals surface area (Å²) in [7, 11) is 1.85. The smallest absolute Gasteiger partial charge is 0.146 e. The average Bonchev–Trinajstić information content (AvgIpc) is 2.47. The molecule has 1 aromatic carbocycles. The fraction of sp³-hybridized carbons (Fsp3) is 0.312. The fourth-order valence-corrected chi connectivity index (χ4v) is 2.18. The van der Waals surface area contributed by atoms with Crippen LogP contribution in [-0.4, -0.2) is 18.6 Å². The summed E-state index contributed by atoms with van der Waals surface area (Å²) in [6, 6.07) is 11.2. The third-order valence-electron chi connectivity index (χ3n) is 3.19. The number of benzene rings is 1. The number of rotatable bonds is 6. The van der Waals surface area contributed by atoms with E-state index in [1.165, 1.54) is 0 Å². The Balaban J connectivity index is 2.19. The number of nitrogens with one attached hydrogen (secondary N) is 1. The van der Waals surface area contributed by atoms with Gasteiger partial charge in [0.25, 0.3) is 0 Å². The molecule has 0 aliphatic carbocycles. The number of hydrogen-bond donors (Lipinski definition) is 1. The molecular formula is C16H20FN3. The minimum Gasteiger partial charge on any atom is -0.364 e. The van der Waals surface area contributed by atoms with Crippen molar-refractivity contribution in [1.29, 1.82) is 0 Å². The van der Waals surface area contributed by atoms with Crippen molar-refractivity contribution in [3.8, 4) is 0 Å². The molecule has 0 aliphatic rings. The molecule has 4 heteroatoms. The van der Waals surface area contributed by atoms with Crippen LogP contribution in [0.25, 0.3) is 0 Å². The van der Waals surface area contributed by atoms with Gasteiger partial charge in [0, 0.05) is 19.3 Å². The van der Waals surface area contributed by atoms with Gasteiger partial charge in [-0.05, 0) is 43.8 Å². The summed E-state index contributed by atoms with van der Waals surface area (Å²) in [5.74, 6) is -0.185. The third kappa shape index (κ3) is 3.54. The molecule has 2 aromatic rings. The number of halogens is 1. The first-order chi connectivity index (χ1) is 9.74. The SMILES string of the molecule is CCN(Cc1ccccn1)c1ccc(CNC)cc1F. The predicted molar refractivity (Wildman–Crippen MR) is 80.1 cm³/mol. The third-order valence-corrected chi connectivity index (χ3v) is 3.19. The van der Waals surface area contributed by atoms with E-state index in [1.54, 1.807) is 12.3 Å². The van der Waals surface area contributed by atoms with Crippen LogP contribution in [0, 0.1) is 5.82 Å². The molecule has 0 unspecified atom stereocenters. The number of hydrogen-bond acceptors (Lipinski definition) is 3. The van der Waals surface area contributed by atoms with E-state index in [1.807, 2.05) is 49.2 Å². The molecule has 0 saturated carbocycles. The molecule has 3 nitrogen and oxygen atoms in total. The normalized spacial score (nSPS) is 10.6. The van der Waals surface area contributed by atoms with Crippen LogP contribution in [0.1, 0.15) is 18.2 Å². The first kappa shape index (κ1) is 14.5. The van der Waals surface area contributed by atoms with E-state index in [2.05, 4.69) is 10.3 Å². The maximum absolute atomic E-state index is 14.2. The minimum atomic E-state index is -0.185. The van der Waals surface area contributed by atoms with Crippen LogP contribution >= 0.6 is 0 Å². The van der Waals surface area contributed by atoms with E-state index < -0.39 is 0 Å². The van der Waals surface area contributed by atoms with Crippen LogP contribution in [-0.2, 0) is 13.1 Å². The second-order valence-electron chi connectivity index (χ2n) is 4.65. The maximum atomic E-state index is 14.2. The summed E-state index contributed by atoms with van der Waals surface area (Å²) in [5.41, 5.74) is 2.51. The van der Waals surface area contributed by atoms with Gasteiger partial charge >= 0.3 is 0 Å². The molecule has 0 radical (unpaired) electrons. The Morgan fingerprint density at radius 2 is 2.10 bits per heavy atom. The lowest BCUT2D eigenvalue weighted by atomic mass is 10.1. The molecule has 1 N–H and O–H groups in total. The van der Waals surface area contributed by atoms with E-state index in [-0.39, 0.29) is 5.82 Å². The van der Waals surface area contributed by atoms with Gasteiger partial charge in [-0.25, -0.2) is 4.39 Å². The molecule has 0 atom stereocenters. The first-order valence-corrected chi connectivity index (χ1v) is 6.82.